The van der Waals surface area contributed by atoms with Gasteiger partial charge in [-0.05, 0) is 18.2 Å². The summed E-state index contributed by atoms with van der Waals surface area (Å²) in [6.07, 6.45) is 6.16. The van der Waals surface area contributed by atoms with E-state index in [-0.39, 0.29) is 11.5 Å². The zero-order chi connectivity index (χ0) is 23.7. The van der Waals surface area contributed by atoms with Crippen molar-refractivity contribution in [2.45, 2.75) is 4.90 Å². The normalized spacial score (nSPS) is 12.0. The molecular formula is C23H19FN4O4S. The van der Waals surface area contributed by atoms with E-state index in [1.54, 1.807) is 53.4 Å². The van der Waals surface area contributed by atoms with Gasteiger partial charge in [-0.1, -0.05) is 24.3 Å². The number of benzene rings is 2. The van der Waals surface area contributed by atoms with Gasteiger partial charge in [0.05, 0.1) is 21.2 Å². The SMILES string of the molecule is CN(CC(=O)O)C(=O)c1ccc2c(S(C)=O)cn(-c3ncc(-c4ccccc4F)cn3)c2c1. The Morgan fingerprint density at radius 2 is 1.85 bits per heavy atom. The first-order valence-corrected chi connectivity index (χ1v) is 11.3. The molecule has 168 valence electrons. The number of aliphatic carboxylic acids is 1. The summed E-state index contributed by atoms with van der Waals surface area (Å²) < 4.78 is 28.0. The number of carbonyl (C=O) groups excluding carboxylic acids is 1. The summed E-state index contributed by atoms with van der Waals surface area (Å²) in [4.78, 5) is 34.0. The molecule has 33 heavy (non-hydrogen) atoms. The molecule has 0 spiro atoms. The number of carbonyl (C=O) groups is 2. The minimum atomic E-state index is -1.33. The summed E-state index contributed by atoms with van der Waals surface area (Å²) in [7, 11) is 0.0730. The zero-order valence-electron chi connectivity index (χ0n) is 17.7. The van der Waals surface area contributed by atoms with Crippen molar-refractivity contribution in [3.63, 3.8) is 0 Å². The second-order valence-corrected chi connectivity index (χ2v) is 8.70. The maximum Gasteiger partial charge on any atom is 0.323 e. The molecule has 2 heterocycles. The Morgan fingerprint density at radius 3 is 2.48 bits per heavy atom. The number of fused-ring (bicyclic) bond motifs is 1. The van der Waals surface area contributed by atoms with Gasteiger partial charge in [0.2, 0.25) is 5.95 Å². The van der Waals surface area contributed by atoms with Crippen LogP contribution in [-0.2, 0) is 15.6 Å². The summed E-state index contributed by atoms with van der Waals surface area (Å²) in [5.74, 6) is -1.73. The Kier molecular flexibility index (Phi) is 6.01. The molecule has 0 aliphatic carbocycles. The number of halogens is 1. The van der Waals surface area contributed by atoms with Gasteiger partial charge in [-0.2, -0.15) is 0 Å². The first-order valence-electron chi connectivity index (χ1n) is 9.79. The van der Waals surface area contributed by atoms with Gasteiger partial charge in [0.25, 0.3) is 5.91 Å². The van der Waals surface area contributed by atoms with Crippen LogP contribution in [0.5, 0.6) is 0 Å². The number of hydrogen-bond donors (Lipinski definition) is 1. The van der Waals surface area contributed by atoms with Crippen molar-refractivity contribution in [3.05, 3.63) is 72.4 Å². The number of carboxylic acid groups (broad SMARTS) is 1. The lowest BCUT2D eigenvalue weighted by molar-refractivity contribution is -0.137. The second-order valence-electron chi connectivity index (χ2n) is 7.36. The van der Waals surface area contributed by atoms with Crippen LogP contribution in [0, 0.1) is 5.82 Å². The van der Waals surface area contributed by atoms with Gasteiger partial charge in [0.15, 0.2) is 0 Å². The third-order valence-corrected chi connectivity index (χ3v) is 6.03. The molecule has 0 aliphatic heterocycles. The molecule has 1 amide bonds. The highest BCUT2D eigenvalue weighted by molar-refractivity contribution is 7.84. The number of likely N-dealkylation sites (N-methyl/N-ethyl adjacent to an activating group) is 1. The van der Waals surface area contributed by atoms with Gasteiger partial charge in [-0.15, -0.1) is 0 Å². The Hall–Kier alpha value is -3.92. The highest BCUT2D eigenvalue weighted by Gasteiger charge is 2.19. The quantitative estimate of drug-likeness (QED) is 0.468. The Balaban J connectivity index is 1.79. The third kappa shape index (κ3) is 4.37. The standard InChI is InChI=1S/C23H19FN4O4S/c1-27(13-21(29)30)22(31)14-7-8-17-19(9-14)28(12-20(17)33(2)32)23-25-10-15(11-26-23)16-5-3-4-6-18(16)24/h3-12H,13H2,1-2H3,(H,29,30). The topological polar surface area (TPSA) is 105 Å². The molecule has 0 bridgehead atoms. The van der Waals surface area contributed by atoms with Crippen LogP contribution < -0.4 is 0 Å². The molecule has 8 nitrogen and oxygen atoms in total. The van der Waals surface area contributed by atoms with E-state index < -0.39 is 35.0 Å². The predicted octanol–water partition coefficient (Wildman–Crippen LogP) is 3.12. The summed E-state index contributed by atoms with van der Waals surface area (Å²) in [6.45, 7) is -0.442. The molecule has 4 aromatic rings. The van der Waals surface area contributed by atoms with Gasteiger partial charge in [-0.3, -0.25) is 18.4 Å². The minimum absolute atomic E-state index is 0.250. The fourth-order valence-corrected chi connectivity index (χ4v) is 4.23. The molecule has 0 aliphatic rings. The third-order valence-electron chi connectivity index (χ3n) is 5.08. The molecule has 2 aromatic heterocycles. The van der Waals surface area contributed by atoms with E-state index >= 15 is 0 Å². The van der Waals surface area contributed by atoms with E-state index in [0.717, 1.165) is 4.90 Å². The van der Waals surface area contributed by atoms with Crippen molar-refractivity contribution in [2.24, 2.45) is 0 Å². The second kappa shape index (κ2) is 8.91. The summed E-state index contributed by atoms with van der Waals surface area (Å²) in [5.41, 5.74) is 1.67. The Morgan fingerprint density at radius 1 is 1.15 bits per heavy atom. The molecule has 4 rings (SSSR count). The van der Waals surface area contributed by atoms with Crippen LogP contribution in [0.15, 0.2) is 66.0 Å². The predicted molar refractivity (Wildman–Crippen MR) is 121 cm³/mol. The zero-order valence-corrected chi connectivity index (χ0v) is 18.5. The fraction of sp³-hybridized carbons (Fsp3) is 0.130. The largest absolute Gasteiger partial charge is 0.480 e. The van der Waals surface area contributed by atoms with E-state index in [9.17, 15) is 18.2 Å². The number of carboxylic acids is 1. The van der Waals surface area contributed by atoms with E-state index in [1.165, 1.54) is 25.5 Å². The average Bonchev–Trinajstić information content (AvgIpc) is 3.18. The molecule has 0 saturated carbocycles. The van der Waals surface area contributed by atoms with Crippen LogP contribution in [0.4, 0.5) is 4.39 Å². The van der Waals surface area contributed by atoms with Crippen molar-refractivity contribution < 1.29 is 23.3 Å². The van der Waals surface area contributed by atoms with Gasteiger partial charge in [0.1, 0.15) is 12.4 Å². The van der Waals surface area contributed by atoms with Crippen LogP contribution in [0.25, 0.3) is 28.0 Å². The lowest BCUT2D eigenvalue weighted by Gasteiger charge is -2.14. The number of aromatic nitrogens is 3. The lowest BCUT2D eigenvalue weighted by Crippen LogP contribution is -2.31. The highest BCUT2D eigenvalue weighted by Crippen LogP contribution is 2.28. The van der Waals surface area contributed by atoms with Gasteiger partial charge in [0, 0.05) is 54.0 Å². The number of nitrogens with zero attached hydrogens (tertiary/aromatic N) is 4. The van der Waals surface area contributed by atoms with Crippen LogP contribution in [0.2, 0.25) is 0 Å². The molecule has 10 heteroatoms. The highest BCUT2D eigenvalue weighted by atomic mass is 32.2. The van der Waals surface area contributed by atoms with Crippen LogP contribution in [0.3, 0.4) is 0 Å². The smallest absolute Gasteiger partial charge is 0.323 e. The first-order chi connectivity index (χ1) is 15.8. The van der Waals surface area contributed by atoms with Crippen LogP contribution in [-0.4, -0.2) is 60.5 Å². The molecular weight excluding hydrogens is 447 g/mol. The Bertz CT molecular complexity index is 1400. The monoisotopic (exact) mass is 466 g/mol. The van der Waals surface area contributed by atoms with Crippen molar-refractivity contribution in [1.82, 2.24) is 19.4 Å². The average molecular weight is 466 g/mol. The van der Waals surface area contributed by atoms with Crippen molar-refractivity contribution in [3.8, 4) is 17.1 Å². The summed E-state index contributed by atoms with van der Waals surface area (Å²) in [5, 5.41) is 9.61. The molecule has 0 saturated heterocycles. The molecule has 1 N–H and O–H groups in total. The van der Waals surface area contributed by atoms with Crippen molar-refractivity contribution in [1.29, 1.82) is 0 Å². The van der Waals surface area contributed by atoms with E-state index in [2.05, 4.69) is 9.97 Å². The van der Waals surface area contributed by atoms with Gasteiger partial charge in [-0.25, -0.2) is 14.4 Å². The fourth-order valence-electron chi connectivity index (χ4n) is 3.50. The van der Waals surface area contributed by atoms with E-state index in [0.29, 0.717) is 26.9 Å². The molecule has 0 radical (unpaired) electrons. The number of rotatable bonds is 6. The first kappa shape index (κ1) is 22.3. The van der Waals surface area contributed by atoms with Gasteiger partial charge >= 0.3 is 5.97 Å². The van der Waals surface area contributed by atoms with Crippen LogP contribution in [0.1, 0.15) is 10.4 Å². The number of amides is 1. The molecule has 0 fully saturated rings. The summed E-state index contributed by atoms with van der Waals surface area (Å²) in [6, 6.07) is 11.1. The molecule has 1 atom stereocenters. The van der Waals surface area contributed by atoms with Crippen molar-refractivity contribution >= 4 is 33.6 Å². The number of hydrogen-bond acceptors (Lipinski definition) is 5. The maximum absolute atomic E-state index is 14.1. The minimum Gasteiger partial charge on any atom is -0.480 e. The van der Waals surface area contributed by atoms with E-state index in [1.807, 2.05) is 0 Å². The lowest BCUT2D eigenvalue weighted by atomic mass is 10.1. The van der Waals surface area contributed by atoms with E-state index in [4.69, 9.17) is 5.11 Å². The van der Waals surface area contributed by atoms with Crippen LogP contribution >= 0.6 is 0 Å². The molecule has 1 unspecified atom stereocenters. The molecule has 2 aromatic carbocycles. The summed E-state index contributed by atoms with van der Waals surface area (Å²) >= 11 is 0. The maximum atomic E-state index is 14.1. The van der Waals surface area contributed by atoms with Gasteiger partial charge < -0.3 is 10.0 Å². The van der Waals surface area contributed by atoms with Crippen molar-refractivity contribution in [2.75, 3.05) is 19.8 Å². The Labute approximate surface area is 190 Å².